The van der Waals surface area contributed by atoms with Crippen LogP contribution in [0.4, 0.5) is 0 Å². The fourth-order valence-electron chi connectivity index (χ4n) is 5.27. The maximum atomic E-state index is 9.93. The number of H-pyrrole nitrogens is 2. The average Bonchev–Trinajstić information content (AvgIpc) is 3.31. The number of hydrogen-bond acceptors (Lipinski definition) is 7. The molecule has 10 heteroatoms. The van der Waals surface area contributed by atoms with Crippen LogP contribution >= 0.6 is 0 Å². The number of hydrogen-bond donors (Lipinski definition) is 0. The van der Waals surface area contributed by atoms with E-state index < -0.39 is 0 Å². The van der Waals surface area contributed by atoms with Crippen LogP contribution < -0.4 is 35.5 Å². The van der Waals surface area contributed by atoms with Crippen molar-refractivity contribution in [3.63, 3.8) is 0 Å². The molecule has 0 amide bonds. The largest absolute Gasteiger partial charge is 3.00 e. The number of rotatable bonds is 14. The average molecular weight is 993 g/mol. The number of allylic oxidation sites excluding steroid dienone is 5. The fourth-order valence-corrected chi connectivity index (χ4v) is 5.27. The summed E-state index contributed by atoms with van der Waals surface area (Å²) in [5.74, 6) is 0.197. The molecule has 0 fully saturated rings. The van der Waals surface area contributed by atoms with E-state index in [1.54, 1.807) is 12.7 Å². The molecule has 9 nitrogen and oxygen atoms in total. The minimum atomic E-state index is 0. The summed E-state index contributed by atoms with van der Waals surface area (Å²) < 4.78 is 0. The molecule has 4 aromatic carbocycles. The molecular formula is C57H71N4O5Ru. The third-order valence-corrected chi connectivity index (χ3v) is 8.36. The Labute approximate surface area is 414 Å². The van der Waals surface area contributed by atoms with Gasteiger partial charge in [-0.2, -0.15) is 0 Å². The first-order valence-electron chi connectivity index (χ1n) is 22.4. The number of aromatic amines is 2. The van der Waals surface area contributed by atoms with Crippen molar-refractivity contribution in [1.29, 1.82) is 0 Å². The standard InChI is InChI=1S/2C16H12N2.5C5H10O.Ru/c2*1-3-7-13(8-4-1)15-11-16(18-12-17-15)14-9-5-2-6-10-14;5*1-3-4-5(2)6;/h2*1-12H;5*6H,2-4H2,1H3;/q;;;;;;;+3/p-3. The van der Waals surface area contributed by atoms with E-state index in [1.165, 1.54) is 0 Å². The van der Waals surface area contributed by atoms with Crippen molar-refractivity contribution in [2.45, 2.75) is 98.8 Å². The van der Waals surface area contributed by atoms with Crippen LogP contribution in [0.25, 0.3) is 45.0 Å². The monoisotopic (exact) mass is 993 g/mol. The summed E-state index contributed by atoms with van der Waals surface area (Å²) in [6.45, 7) is 25.8. The van der Waals surface area contributed by atoms with Gasteiger partial charge in [0, 0.05) is 34.4 Å². The second kappa shape index (κ2) is 40.8. The number of benzene rings is 4. The van der Waals surface area contributed by atoms with E-state index in [2.05, 4.69) is 113 Å². The predicted molar refractivity (Wildman–Crippen MR) is 264 cm³/mol. The van der Waals surface area contributed by atoms with Crippen molar-refractivity contribution in [2.24, 2.45) is 0 Å². The first kappa shape index (κ1) is 62.4. The van der Waals surface area contributed by atoms with Crippen LogP contribution in [0.2, 0.25) is 0 Å². The second-order valence-electron chi connectivity index (χ2n) is 14.6. The van der Waals surface area contributed by atoms with E-state index in [4.69, 9.17) is 0 Å². The molecule has 67 heavy (non-hydrogen) atoms. The maximum Gasteiger partial charge on any atom is 3.00 e. The van der Waals surface area contributed by atoms with E-state index >= 15 is 0 Å². The molecule has 6 rings (SSSR count). The first-order valence-corrected chi connectivity index (χ1v) is 22.4. The van der Waals surface area contributed by atoms with Crippen LogP contribution in [0.15, 0.2) is 208 Å². The molecule has 2 N–H and O–H groups in total. The van der Waals surface area contributed by atoms with Crippen LogP contribution in [0, 0.1) is 0 Å². The van der Waals surface area contributed by atoms with Crippen LogP contribution in [-0.2, 0) is 19.5 Å². The van der Waals surface area contributed by atoms with Gasteiger partial charge in [0.05, 0.1) is 0 Å². The van der Waals surface area contributed by atoms with Gasteiger partial charge in [0.15, 0.2) is 11.4 Å². The molecule has 0 aliphatic carbocycles. The molecule has 0 bridgehead atoms. The van der Waals surface area contributed by atoms with Crippen molar-refractivity contribution in [3.8, 4) is 45.0 Å². The van der Waals surface area contributed by atoms with Gasteiger partial charge in [-0.1, -0.05) is 188 Å². The third kappa shape index (κ3) is 33.5. The molecule has 2 heterocycles. The summed E-state index contributed by atoms with van der Waals surface area (Å²) in [6, 6.07) is 45.0. The number of nitrogens with one attached hydrogen (secondary N) is 2. The summed E-state index contributed by atoms with van der Waals surface area (Å²) in [7, 11) is 0. The van der Waals surface area contributed by atoms with Crippen molar-refractivity contribution < 1.29 is 55.0 Å². The number of nitrogens with zero attached hydrogens (tertiary/aromatic N) is 2. The summed E-state index contributed by atoms with van der Waals surface area (Å²) in [5, 5.41) is 49.7. The van der Waals surface area contributed by atoms with Gasteiger partial charge in [0.25, 0.3) is 12.7 Å². The van der Waals surface area contributed by atoms with E-state index in [9.17, 15) is 25.5 Å². The van der Waals surface area contributed by atoms with E-state index in [0.29, 0.717) is 32.1 Å². The SMILES string of the molecule is C=C([O-])CCC.C=C([O-])CCC.C=C([O-])CCC.C=C([O-])CCC.C=C([O-])CCC.[Ru+3].c1ccc(-c2cc(-c3ccccc3)[nH+]cn2)cc1.c1ccc(-c2cc(-c3ccccc3)[nH+]cn2)cc1. The van der Waals surface area contributed by atoms with Crippen molar-refractivity contribution in [2.75, 3.05) is 0 Å². The van der Waals surface area contributed by atoms with Gasteiger partial charge in [-0.15, -0.1) is 61.7 Å². The fraction of sp³-hybridized carbons (Fsp3) is 0.263. The molecule has 357 valence electrons. The molecule has 2 aromatic heterocycles. The Hall–Kier alpha value is -6.64. The van der Waals surface area contributed by atoms with Crippen molar-refractivity contribution in [1.82, 2.24) is 9.97 Å². The Morgan fingerprint density at radius 2 is 0.582 bits per heavy atom. The molecular weight excluding hydrogens is 922 g/mol. The quantitative estimate of drug-likeness (QED) is 0.0773. The molecule has 0 spiro atoms. The summed E-state index contributed by atoms with van der Waals surface area (Å²) in [6.07, 6.45) is 11.2. The van der Waals surface area contributed by atoms with Gasteiger partial charge >= 0.3 is 19.5 Å². The van der Waals surface area contributed by atoms with Gasteiger partial charge in [0.2, 0.25) is 0 Å². The molecule has 0 aliphatic heterocycles. The zero-order valence-electron chi connectivity index (χ0n) is 40.3. The molecule has 1 radical (unpaired) electrons. The Balaban J connectivity index is 0. The van der Waals surface area contributed by atoms with E-state index in [-0.39, 0.29) is 48.3 Å². The smallest absolute Gasteiger partial charge is 0.876 e. The second-order valence-corrected chi connectivity index (χ2v) is 14.6. The Kier molecular flexibility index (Phi) is 38.1. The molecule has 0 saturated carbocycles. The molecule has 0 aliphatic rings. The molecule has 0 atom stereocenters. The van der Waals surface area contributed by atoms with Gasteiger partial charge in [-0.3, -0.25) is 0 Å². The number of aromatic nitrogens is 4. The van der Waals surface area contributed by atoms with Gasteiger partial charge in [-0.05, 0) is 42.1 Å². The minimum Gasteiger partial charge on any atom is -0.876 e. The van der Waals surface area contributed by atoms with Gasteiger partial charge in [0.1, 0.15) is 11.4 Å². The minimum absolute atomic E-state index is 0. The van der Waals surface area contributed by atoms with Gasteiger partial charge < -0.3 is 25.5 Å². The van der Waals surface area contributed by atoms with E-state index in [1.807, 2.05) is 107 Å². The Bertz CT molecular complexity index is 1880. The van der Waals surface area contributed by atoms with Crippen LogP contribution in [0.5, 0.6) is 0 Å². The van der Waals surface area contributed by atoms with E-state index in [0.717, 1.165) is 77.1 Å². The van der Waals surface area contributed by atoms with Crippen LogP contribution in [0.1, 0.15) is 98.8 Å². The Morgan fingerprint density at radius 1 is 0.373 bits per heavy atom. The van der Waals surface area contributed by atoms with Gasteiger partial charge in [-0.25, -0.2) is 9.97 Å². The zero-order valence-corrected chi connectivity index (χ0v) is 42.0. The van der Waals surface area contributed by atoms with Crippen LogP contribution in [-0.4, -0.2) is 9.97 Å². The molecule has 6 aromatic rings. The maximum absolute atomic E-state index is 9.93. The first-order chi connectivity index (χ1) is 31.7. The Morgan fingerprint density at radius 3 is 0.761 bits per heavy atom. The summed E-state index contributed by atoms with van der Waals surface area (Å²) in [5.41, 5.74) is 8.69. The topological polar surface area (TPSA) is 169 Å². The third-order valence-electron chi connectivity index (χ3n) is 8.36. The van der Waals surface area contributed by atoms with Crippen molar-refractivity contribution >= 4 is 0 Å². The zero-order chi connectivity index (χ0) is 49.4. The van der Waals surface area contributed by atoms with Crippen LogP contribution in [0.3, 0.4) is 0 Å². The normalized spacial score (nSPS) is 9.15. The predicted octanol–water partition coefficient (Wildman–Crippen LogP) is 9.76. The molecule has 0 saturated heterocycles. The summed E-state index contributed by atoms with van der Waals surface area (Å²) in [4.78, 5) is 15.1. The van der Waals surface area contributed by atoms with Crippen molar-refractivity contribution in [3.05, 3.63) is 208 Å². The molecule has 0 unspecified atom stereocenters. The summed E-state index contributed by atoms with van der Waals surface area (Å²) >= 11 is 0.